The minimum atomic E-state index is -5.66. The normalized spacial score (nSPS) is 13.8. The third-order valence-corrected chi connectivity index (χ3v) is 2.14. The van der Waals surface area contributed by atoms with Gasteiger partial charge < -0.3 is 0 Å². The molecule has 2 radical (unpaired) electrons. The van der Waals surface area contributed by atoms with Crippen LogP contribution in [-0.4, -0.2) is 0 Å². The summed E-state index contributed by atoms with van der Waals surface area (Å²) in [4.78, 5) is 0. The highest BCUT2D eigenvalue weighted by atomic mass is 19.4. The Morgan fingerprint density at radius 2 is 1.00 bits per heavy atom. The van der Waals surface area contributed by atoms with E-state index in [1.54, 1.807) is 0 Å². The summed E-state index contributed by atoms with van der Waals surface area (Å²) >= 11 is 0. The van der Waals surface area contributed by atoms with Gasteiger partial charge in [-0.1, -0.05) is 0 Å². The second-order valence-corrected chi connectivity index (χ2v) is 3.44. The molecular weight excluding hydrogens is 291 g/mol. The molecule has 0 N–H and O–H groups in total. The average Bonchev–Trinajstić information content (AvgIpc) is 2.11. The third-order valence-electron chi connectivity index (χ3n) is 2.14. The van der Waals surface area contributed by atoms with Crippen LogP contribution in [0.1, 0.15) is 22.3 Å². The van der Waals surface area contributed by atoms with E-state index in [1.165, 1.54) is 0 Å². The Morgan fingerprint density at radius 1 is 0.632 bits per heavy atom. The van der Waals surface area contributed by atoms with Gasteiger partial charge in [0.1, 0.15) is 0 Å². The molecule has 1 aromatic rings. The summed E-state index contributed by atoms with van der Waals surface area (Å²) in [7, 11) is 0. The molecule has 106 valence electrons. The Bertz CT molecular complexity index is 475. The Hall–Kier alpha value is -1.41. The maximum Gasteiger partial charge on any atom is 0.417 e. The Kier molecular flexibility index (Phi) is 3.55. The van der Waals surface area contributed by atoms with Crippen LogP contribution in [0.5, 0.6) is 0 Å². The molecule has 0 nitrogen and oxygen atoms in total. The standard InChI is InChI=1S/C10H3F9/c1-4-5(8(11,12)13)2-3-6(9(14,15)16)7(4)10(17,18)19/h1-3H. The second kappa shape index (κ2) is 4.31. The lowest BCUT2D eigenvalue weighted by molar-refractivity contribution is -0.163. The van der Waals surface area contributed by atoms with Crippen molar-refractivity contribution in [3.05, 3.63) is 41.3 Å². The third kappa shape index (κ3) is 3.13. The van der Waals surface area contributed by atoms with Crippen molar-refractivity contribution in [2.45, 2.75) is 18.5 Å². The van der Waals surface area contributed by atoms with E-state index < -0.39 is 40.8 Å². The fourth-order valence-corrected chi connectivity index (χ4v) is 1.41. The molecule has 0 aromatic heterocycles. The lowest BCUT2D eigenvalue weighted by atomic mass is 9.95. The fourth-order valence-electron chi connectivity index (χ4n) is 1.41. The van der Waals surface area contributed by atoms with Gasteiger partial charge in [-0.3, -0.25) is 0 Å². The lowest BCUT2D eigenvalue weighted by Crippen LogP contribution is -2.21. The molecule has 0 heterocycles. The molecule has 0 unspecified atom stereocenters. The van der Waals surface area contributed by atoms with Gasteiger partial charge in [0.05, 0.1) is 16.7 Å². The van der Waals surface area contributed by atoms with Gasteiger partial charge in [-0.2, -0.15) is 39.5 Å². The predicted molar refractivity (Wildman–Crippen MR) is 44.9 cm³/mol. The molecule has 9 heteroatoms. The zero-order valence-electron chi connectivity index (χ0n) is 8.63. The van der Waals surface area contributed by atoms with Crippen molar-refractivity contribution in [1.82, 2.24) is 0 Å². The summed E-state index contributed by atoms with van der Waals surface area (Å²) in [5.74, 6) is 0. The smallest absolute Gasteiger partial charge is 0.166 e. The lowest BCUT2D eigenvalue weighted by Gasteiger charge is -2.20. The van der Waals surface area contributed by atoms with Crippen LogP contribution in [0, 0.1) is 6.92 Å². The molecule has 1 aromatic carbocycles. The number of hydrogen-bond donors (Lipinski definition) is 0. The fraction of sp³-hybridized carbons (Fsp3) is 0.300. The largest absolute Gasteiger partial charge is 0.417 e. The van der Waals surface area contributed by atoms with Gasteiger partial charge in [0.2, 0.25) is 0 Å². The predicted octanol–water partition coefficient (Wildman–Crippen LogP) is 4.80. The maximum atomic E-state index is 12.5. The molecule has 0 aliphatic rings. The molecule has 0 amide bonds. The highest BCUT2D eigenvalue weighted by Gasteiger charge is 2.47. The van der Waals surface area contributed by atoms with Crippen molar-refractivity contribution in [3.8, 4) is 0 Å². The molecule has 1 rings (SSSR count). The zero-order valence-corrected chi connectivity index (χ0v) is 8.63. The van der Waals surface area contributed by atoms with E-state index in [-0.39, 0.29) is 12.1 Å². The van der Waals surface area contributed by atoms with Gasteiger partial charge in [-0.25, -0.2) is 0 Å². The van der Waals surface area contributed by atoms with Crippen molar-refractivity contribution in [2.75, 3.05) is 0 Å². The number of halogens is 9. The van der Waals surface area contributed by atoms with Crippen molar-refractivity contribution < 1.29 is 39.5 Å². The minimum absolute atomic E-state index is 0.132. The van der Waals surface area contributed by atoms with Crippen LogP contribution in [0.4, 0.5) is 39.5 Å². The van der Waals surface area contributed by atoms with Gasteiger partial charge in [-0.05, 0) is 17.7 Å². The quantitative estimate of drug-likeness (QED) is 0.603. The molecular formula is C10H3F9. The number of hydrogen-bond acceptors (Lipinski definition) is 0. The van der Waals surface area contributed by atoms with Crippen molar-refractivity contribution in [2.24, 2.45) is 0 Å². The van der Waals surface area contributed by atoms with E-state index in [1.807, 2.05) is 0 Å². The monoisotopic (exact) mass is 294 g/mol. The van der Waals surface area contributed by atoms with Crippen LogP contribution in [0.25, 0.3) is 0 Å². The molecule has 0 saturated heterocycles. The van der Waals surface area contributed by atoms with Crippen LogP contribution >= 0.6 is 0 Å². The minimum Gasteiger partial charge on any atom is -0.166 e. The topological polar surface area (TPSA) is 0 Å². The number of benzene rings is 1. The first-order chi connectivity index (χ1) is 8.26. The van der Waals surface area contributed by atoms with Crippen LogP contribution in [0.15, 0.2) is 12.1 Å². The van der Waals surface area contributed by atoms with Gasteiger partial charge in [0.25, 0.3) is 0 Å². The molecule has 0 saturated carbocycles. The van der Waals surface area contributed by atoms with Crippen molar-refractivity contribution >= 4 is 0 Å². The number of alkyl halides is 9. The van der Waals surface area contributed by atoms with E-state index in [0.717, 1.165) is 0 Å². The molecule has 19 heavy (non-hydrogen) atoms. The molecule has 0 aliphatic carbocycles. The highest BCUT2D eigenvalue weighted by Crippen LogP contribution is 2.45. The first-order valence-electron chi connectivity index (χ1n) is 4.40. The van der Waals surface area contributed by atoms with E-state index in [0.29, 0.717) is 0 Å². The van der Waals surface area contributed by atoms with E-state index in [4.69, 9.17) is 0 Å². The Balaban J connectivity index is 3.71. The first-order valence-corrected chi connectivity index (χ1v) is 4.40. The molecule has 0 atom stereocenters. The van der Waals surface area contributed by atoms with Crippen LogP contribution in [0.3, 0.4) is 0 Å². The van der Waals surface area contributed by atoms with Gasteiger partial charge in [0.15, 0.2) is 0 Å². The SMILES string of the molecule is [CH]c1c(C(F)(F)F)ccc(C(F)(F)F)c1C(F)(F)F. The highest BCUT2D eigenvalue weighted by molar-refractivity contribution is 5.47. The molecule has 0 aliphatic heterocycles. The number of rotatable bonds is 0. The van der Waals surface area contributed by atoms with Crippen LogP contribution in [-0.2, 0) is 18.5 Å². The Labute approximate surface area is 100 Å². The summed E-state index contributed by atoms with van der Waals surface area (Å²) < 4.78 is 111. The van der Waals surface area contributed by atoms with Crippen LogP contribution in [0.2, 0.25) is 0 Å². The summed E-state index contributed by atoms with van der Waals surface area (Å²) in [6.45, 7) is 4.61. The summed E-state index contributed by atoms with van der Waals surface area (Å²) in [6, 6.07) is -0.421. The van der Waals surface area contributed by atoms with E-state index in [9.17, 15) is 39.5 Å². The Morgan fingerprint density at radius 3 is 1.32 bits per heavy atom. The summed E-state index contributed by atoms with van der Waals surface area (Å²) in [5, 5.41) is 0. The second-order valence-electron chi connectivity index (χ2n) is 3.44. The van der Waals surface area contributed by atoms with Gasteiger partial charge in [-0.15, -0.1) is 0 Å². The van der Waals surface area contributed by atoms with Crippen LogP contribution < -0.4 is 0 Å². The molecule has 0 bridgehead atoms. The molecule has 0 fully saturated rings. The van der Waals surface area contributed by atoms with Crippen molar-refractivity contribution in [1.29, 1.82) is 0 Å². The van der Waals surface area contributed by atoms with E-state index in [2.05, 4.69) is 6.92 Å². The zero-order chi connectivity index (χ0) is 15.2. The van der Waals surface area contributed by atoms with E-state index >= 15 is 0 Å². The summed E-state index contributed by atoms with van der Waals surface area (Å²) in [5.41, 5.74) is -8.75. The van der Waals surface area contributed by atoms with Gasteiger partial charge in [0, 0.05) is 6.92 Å². The van der Waals surface area contributed by atoms with Crippen molar-refractivity contribution in [3.63, 3.8) is 0 Å². The maximum absolute atomic E-state index is 12.5. The average molecular weight is 294 g/mol. The summed E-state index contributed by atoms with van der Waals surface area (Å²) in [6.07, 6.45) is -16.4. The first kappa shape index (κ1) is 15.6. The van der Waals surface area contributed by atoms with Gasteiger partial charge >= 0.3 is 18.5 Å². The molecule has 0 spiro atoms.